The summed E-state index contributed by atoms with van der Waals surface area (Å²) >= 11 is 0. The molecule has 84 valence electrons. The van der Waals surface area contributed by atoms with Gasteiger partial charge in [0, 0.05) is 18.8 Å². The molecule has 1 atom stereocenters. The predicted molar refractivity (Wildman–Crippen MR) is 58.9 cm³/mol. The van der Waals surface area contributed by atoms with Gasteiger partial charge in [-0.05, 0) is 12.8 Å². The Labute approximate surface area is 92.4 Å². The number of hydrogen-bond donors (Lipinski definition) is 2. The molecule has 0 amide bonds. The first kappa shape index (κ1) is 9.53. The average molecular weight is 219 g/mol. The van der Waals surface area contributed by atoms with Gasteiger partial charge in [0.1, 0.15) is 5.71 Å². The molecular weight excluding hydrogens is 206 g/mol. The van der Waals surface area contributed by atoms with Gasteiger partial charge in [0.15, 0.2) is 5.82 Å². The Morgan fingerprint density at radius 1 is 1.44 bits per heavy atom. The molecule has 6 heteroatoms. The quantitative estimate of drug-likeness (QED) is 0.688. The summed E-state index contributed by atoms with van der Waals surface area (Å²) in [7, 11) is 0. The molecule has 1 unspecified atom stereocenters. The van der Waals surface area contributed by atoms with Crippen molar-refractivity contribution in [1.82, 2.24) is 20.5 Å². The molecule has 0 spiro atoms. The fourth-order valence-electron chi connectivity index (χ4n) is 2.24. The number of H-pyrrole nitrogens is 1. The monoisotopic (exact) mass is 219 g/mol. The second-order valence-corrected chi connectivity index (χ2v) is 4.08. The maximum atomic E-state index is 11.2. The number of hydrazone groups is 1. The third-order valence-corrected chi connectivity index (χ3v) is 3.03. The molecule has 2 N–H and O–H groups in total. The smallest absolute Gasteiger partial charge is 0.251 e. The minimum absolute atomic E-state index is 0.137. The van der Waals surface area contributed by atoms with E-state index in [0.717, 1.165) is 18.7 Å². The van der Waals surface area contributed by atoms with E-state index in [4.69, 9.17) is 0 Å². The van der Waals surface area contributed by atoms with Gasteiger partial charge >= 0.3 is 0 Å². The van der Waals surface area contributed by atoms with Crippen LogP contribution in [-0.2, 0) is 0 Å². The lowest BCUT2D eigenvalue weighted by Crippen LogP contribution is -2.44. The number of fused-ring (bicyclic) bond motifs is 1. The third-order valence-electron chi connectivity index (χ3n) is 3.03. The van der Waals surface area contributed by atoms with Crippen LogP contribution in [0.5, 0.6) is 0 Å². The summed E-state index contributed by atoms with van der Waals surface area (Å²) in [5.41, 5.74) is 3.69. The van der Waals surface area contributed by atoms with E-state index in [1.54, 1.807) is 0 Å². The normalized spacial score (nSPS) is 24.8. The molecule has 0 radical (unpaired) electrons. The van der Waals surface area contributed by atoms with Crippen molar-refractivity contribution in [3.63, 3.8) is 0 Å². The highest BCUT2D eigenvalue weighted by Crippen LogP contribution is 2.21. The molecule has 0 saturated carbocycles. The zero-order valence-electron chi connectivity index (χ0n) is 8.81. The molecule has 1 aromatic heterocycles. The SMILES string of the molecule is O=c1ccnc(C2=NNN3CCCCC23)[nH]1. The first-order chi connectivity index (χ1) is 7.84. The first-order valence-electron chi connectivity index (χ1n) is 5.50. The topological polar surface area (TPSA) is 73.4 Å². The lowest BCUT2D eigenvalue weighted by molar-refractivity contribution is 0.147. The van der Waals surface area contributed by atoms with Crippen LogP contribution < -0.4 is 11.1 Å². The van der Waals surface area contributed by atoms with Crippen molar-refractivity contribution in [2.75, 3.05) is 6.54 Å². The van der Waals surface area contributed by atoms with Crippen LogP contribution in [-0.4, -0.2) is 33.3 Å². The molecule has 0 aliphatic carbocycles. The Morgan fingerprint density at radius 3 is 3.25 bits per heavy atom. The van der Waals surface area contributed by atoms with Crippen LogP contribution in [0.15, 0.2) is 22.2 Å². The summed E-state index contributed by atoms with van der Waals surface area (Å²) < 4.78 is 0. The van der Waals surface area contributed by atoms with Gasteiger partial charge in [-0.3, -0.25) is 4.79 Å². The van der Waals surface area contributed by atoms with Gasteiger partial charge in [0.2, 0.25) is 0 Å². The Balaban J connectivity index is 1.93. The lowest BCUT2D eigenvalue weighted by atomic mass is 10.00. The average Bonchev–Trinajstić information content (AvgIpc) is 2.72. The van der Waals surface area contributed by atoms with Crippen molar-refractivity contribution >= 4 is 5.71 Å². The van der Waals surface area contributed by atoms with E-state index >= 15 is 0 Å². The Bertz CT molecular complexity index is 480. The lowest BCUT2D eigenvalue weighted by Gasteiger charge is -2.28. The fraction of sp³-hybridized carbons (Fsp3) is 0.500. The molecule has 0 aromatic carbocycles. The van der Waals surface area contributed by atoms with Crippen LogP contribution >= 0.6 is 0 Å². The van der Waals surface area contributed by atoms with Crippen LogP contribution in [0.4, 0.5) is 0 Å². The summed E-state index contributed by atoms with van der Waals surface area (Å²) in [5.74, 6) is 0.578. The summed E-state index contributed by atoms with van der Waals surface area (Å²) in [4.78, 5) is 18.1. The van der Waals surface area contributed by atoms with Crippen molar-refractivity contribution in [3.8, 4) is 0 Å². The highest BCUT2D eigenvalue weighted by molar-refractivity contribution is 6.02. The van der Waals surface area contributed by atoms with Gasteiger partial charge in [-0.25, -0.2) is 10.5 Å². The molecule has 0 bridgehead atoms. The zero-order chi connectivity index (χ0) is 11.0. The number of aromatic amines is 1. The summed E-state index contributed by atoms with van der Waals surface area (Å²) in [5, 5.41) is 6.35. The van der Waals surface area contributed by atoms with Crippen LogP contribution in [0.3, 0.4) is 0 Å². The molecule has 3 rings (SSSR count). The molecule has 3 heterocycles. The van der Waals surface area contributed by atoms with E-state index in [1.807, 2.05) is 0 Å². The Morgan fingerprint density at radius 2 is 2.38 bits per heavy atom. The van der Waals surface area contributed by atoms with E-state index in [1.165, 1.54) is 25.1 Å². The molecule has 2 aliphatic rings. The van der Waals surface area contributed by atoms with Crippen molar-refractivity contribution in [1.29, 1.82) is 0 Å². The van der Waals surface area contributed by atoms with Crippen molar-refractivity contribution in [2.24, 2.45) is 5.10 Å². The van der Waals surface area contributed by atoms with E-state index in [0.29, 0.717) is 5.82 Å². The minimum atomic E-state index is -0.137. The summed E-state index contributed by atoms with van der Waals surface area (Å²) in [6.07, 6.45) is 4.95. The fourth-order valence-corrected chi connectivity index (χ4v) is 2.24. The van der Waals surface area contributed by atoms with Gasteiger partial charge < -0.3 is 4.98 Å². The molecular formula is C10H13N5O. The molecule has 1 saturated heterocycles. The van der Waals surface area contributed by atoms with Gasteiger partial charge in [0.25, 0.3) is 5.56 Å². The number of hydrazine groups is 1. The van der Waals surface area contributed by atoms with Crippen molar-refractivity contribution in [3.05, 3.63) is 28.4 Å². The number of nitrogens with zero attached hydrogens (tertiary/aromatic N) is 3. The Hall–Kier alpha value is -1.69. The number of hydrogen-bond acceptors (Lipinski definition) is 5. The molecule has 16 heavy (non-hydrogen) atoms. The van der Waals surface area contributed by atoms with E-state index in [9.17, 15) is 4.79 Å². The summed E-state index contributed by atoms with van der Waals surface area (Å²) in [6.45, 7) is 0.995. The standard InChI is InChI=1S/C10H13N5O/c16-8-4-5-11-10(12-8)9-7-3-1-2-6-15(7)14-13-9/h4-5,7,14H,1-3,6H2,(H,11,12,16). The van der Waals surface area contributed by atoms with Crippen molar-refractivity contribution < 1.29 is 0 Å². The van der Waals surface area contributed by atoms with Gasteiger partial charge in [-0.1, -0.05) is 6.42 Å². The second kappa shape index (κ2) is 3.71. The second-order valence-electron chi connectivity index (χ2n) is 4.08. The van der Waals surface area contributed by atoms with Crippen LogP contribution in [0.2, 0.25) is 0 Å². The molecule has 2 aliphatic heterocycles. The van der Waals surface area contributed by atoms with Crippen LogP contribution in [0, 0.1) is 0 Å². The molecule has 1 aromatic rings. The predicted octanol–water partition coefficient (Wildman–Crippen LogP) is -0.153. The van der Waals surface area contributed by atoms with Crippen LogP contribution in [0.25, 0.3) is 0 Å². The van der Waals surface area contributed by atoms with Crippen molar-refractivity contribution in [2.45, 2.75) is 25.3 Å². The largest absolute Gasteiger partial charge is 0.305 e. The first-order valence-corrected chi connectivity index (χ1v) is 5.50. The highest BCUT2D eigenvalue weighted by Gasteiger charge is 2.33. The maximum absolute atomic E-state index is 11.2. The van der Waals surface area contributed by atoms with Crippen LogP contribution in [0.1, 0.15) is 25.1 Å². The maximum Gasteiger partial charge on any atom is 0.251 e. The summed E-state index contributed by atoms with van der Waals surface area (Å²) in [6, 6.07) is 1.66. The van der Waals surface area contributed by atoms with E-state index < -0.39 is 0 Å². The zero-order valence-corrected chi connectivity index (χ0v) is 8.81. The number of nitrogens with one attached hydrogen (secondary N) is 2. The third kappa shape index (κ3) is 1.51. The number of piperidine rings is 1. The minimum Gasteiger partial charge on any atom is -0.305 e. The molecule has 6 nitrogen and oxygen atoms in total. The number of aromatic nitrogens is 2. The van der Waals surface area contributed by atoms with Gasteiger partial charge in [0.05, 0.1) is 6.04 Å². The highest BCUT2D eigenvalue weighted by atomic mass is 16.1. The van der Waals surface area contributed by atoms with Gasteiger partial charge in [-0.2, -0.15) is 10.1 Å². The van der Waals surface area contributed by atoms with E-state index in [-0.39, 0.29) is 11.6 Å². The van der Waals surface area contributed by atoms with E-state index in [2.05, 4.69) is 25.6 Å². The molecule has 1 fully saturated rings. The van der Waals surface area contributed by atoms with Gasteiger partial charge in [-0.15, -0.1) is 0 Å². The Kier molecular flexibility index (Phi) is 2.21. The number of rotatable bonds is 1.